The largest absolute Gasteiger partial charge is 0.496 e. The molecule has 0 atom stereocenters. The van der Waals surface area contributed by atoms with Crippen LogP contribution in [0.3, 0.4) is 0 Å². The summed E-state index contributed by atoms with van der Waals surface area (Å²) in [5.74, 6) is 1.98. The van der Waals surface area contributed by atoms with Crippen molar-refractivity contribution in [3.05, 3.63) is 82.3 Å². The Balaban J connectivity index is 1.44. The minimum Gasteiger partial charge on any atom is -0.496 e. The average Bonchev–Trinajstić information content (AvgIpc) is 3.32. The molecule has 0 radical (unpaired) electrons. The number of rotatable bonds is 7. The number of benzene rings is 2. The second kappa shape index (κ2) is 10.2. The number of amides is 1. The monoisotopic (exact) mass is 474 g/mol. The Morgan fingerprint density at radius 1 is 1.00 bits per heavy atom. The molecule has 0 unspecified atom stereocenters. The van der Waals surface area contributed by atoms with Gasteiger partial charge < -0.3 is 19.0 Å². The molecule has 5 heteroatoms. The molecule has 0 spiro atoms. The van der Waals surface area contributed by atoms with E-state index in [1.807, 2.05) is 23.1 Å². The Bertz CT molecular complexity index is 1170. The first-order valence-electron chi connectivity index (χ1n) is 12.6. The number of aryl methyl sites for hydroxylation is 2. The maximum Gasteiger partial charge on any atom is 0.289 e. The summed E-state index contributed by atoms with van der Waals surface area (Å²) in [7, 11) is 1.69. The van der Waals surface area contributed by atoms with E-state index in [0.717, 1.165) is 36.6 Å². The molecule has 0 saturated carbocycles. The van der Waals surface area contributed by atoms with Crippen molar-refractivity contribution >= 4 is 11.6 Å². The van der Waals surface area contributed by atoms with Crippen molar-refractivity contribution in [1.82, 2.24) is 4.90 Å². The Hall–Kier alpha value is -3.21. The Morgan fingerprint density at radius 2 is 1.69 bits per heavy atom. The second-order valence-corrected chi connectivity index (χ2v) is 10.2. The van der Waals surface area contributed by atoms with Crippen molar-refractivity contribution in [1.29, 1.82) is 0 Å². The minimum absolute atomic E-state index is 0.0368. The molecule has 2 heterocycles. The van der Waals surface area contributed by atoms with Gasteiger partial charge in [0.1, 0.15) is 11.5 Å². The van der Waals surface area contributed by atoms with Gasteiger partial charge in [0.25, 0.3) is 5.91 Å². The standard InChI is InChI=1S/C30H38N2O3/c1-7-30(4,5)24-11-13-26(34-6)23(19-24)20-25-12-14-27(35-25)29(33)32-17-15-31(16-18-32)28-21(2)9-8-10-22(28)3/h8-14,19H,7,15-18,20H2,1-6H3. The summed E-state index contributed by atoms with van der Waals surface area (Å²) in [6.45, 7) is 14.0. The number of methoxy groups -OCH3 is 1. The molecule has 0 N–H and O–H groups in total. The third kappa shape index (κ3) is 5.24. The number of hydrogen-bond acceptors (Lipinski definition) is 4. The SMILES string of the molecule is CCC(C)(C)c1ccc(OC)c(Cc2ccc(C(=O)N3CCN(c4c(C)cccc4C)CC3)o2)c1. The van der Waals surface area contributed by atoms with E-state index in [2.05, 4.69) is 69.9 Å². The highest BCUT2D eigenvalue weighted by Crippen LogP contribution is 2.32. The maximum absolute atomic E-state index is 13.2. The van der Waals surface area contributed by atoms with E-state index < -0.39 is 0 Å². The van der Waals surface area contributed by atoms with E-state index in [9.17, 15) is 4.79 Å². The van der Waals surface area contributed by atoms with Crippen LogP contribution in [0.2, 0.25) is 0 Å². The Labute approximate surface area is 209 Å². The highest BCUT2D eigenvalue weighted by atomic mass is 16.5. The lowest BCUT2D eigenvalue weighted by molar-refractivity contribution is 0.0713. The van der Waals surface area contributed by atoms with E-state index in [-0.39, 0.29) is 11.3 Å². The lowest BCUT2D eigenvalue weighted by atomic mass is 9.81. The van der Waals surface area contributed by atoms with Crippen molar-refractivity contribution in [2.75, 3.05) is 38.2 Å². The highest BCUT2D eigenvalue weighted by molar-refractivity contribution is 5.91. The molecule has 0 aliphatic carbocycles. The van der Waals surface area contributed by atoms with Crippen LogP contribution in [0.1, 0.15) is 65.8 Å². The van der Waals surface area contributed by atoms with Crippen molar-refractivity contribution in [3.63, 3.8) is 0 Å². The minimum atomic E-state index is -0.0368. The van der Waals surface area contributed by atoms with Gasteiger partial charge in [-0.15, -0.1) is 0 Å². The molecule has 1 saturated heterocycles. The normalized spacial score (nSPS) is 14.3. The van der Waals surface area contributed by atoms with Crippen molar-refractivity contribution < 1.29 is 13.9 Å². The summed E-state index contributed by atoms with van der Waals surface area (Å²) in [5, 5.41) is 0. The van der Waals surface area contributed by atoms with E-state index in [1.165, 1.54) is 22.4 Å². The first-order chi connectivity index (χ1) is 16.7. The molecule has 1 amide bonds. The predicted octanol–water partition coefficient (Wildman–Crippen LogP) is 6.15. The molecule has 1 aromatic heterocycles. The van der Waals surface area contributed by atoms with Gasteiger partial charge in [-0.1, -0.05) is 51.1 Å². The smallest absolute Gasteiger partial charge is 0.289 e. The number of carbonyl (C=O) groups is 1. The number of piperazine rings is 1. The number of ether oxygens (including phenoxy) is 1. The van der Waals surface area contributed by atoms with Crippen LogP contribution in [-0.2, 0) is 11.8 Å². The average molecular weight is 475 g/mol. The van der Waals surface area contributed by atoms with Crippen LogP contribution in [0.4, 0.5) is 5.69 Å². The van der Waals surface area contributed by atoms with Crippen LogP contribution in [0, 0.1) is 13.8 Å². The fraction of sp³-hybridized carbons (Fsp3) is 0.433. The van der Waals surface area contributed by atoms with Crippen LogP contribution in [0.25, 0.3) is 0 Å². The fourth-order valence-electron chi connectivity index (χ4n) is 4.91. The first kappa shape index (κ1) is 24.9. The van der Waals surface area contributed by atoms with E-state index in [0.29, 0.717) is 25.3 Å². The van der Waals surface area contributed by atoms with Crippen LogP contribution in [-0.4, -0.2) is 44.1 Å². The molecule has 2 aromatic carbocycles. The summed E-state index contributed by atoms with van der Waals surface area (Å²) < 4.78 is 11.7. The summed E-state index contributed by atoms with van der Waals surface area (Å²) >= 11 is 0. The molecule has 3 aromatic rings. The topological polar surface area (TPSA) is 45.9 Å². The van der Waals surface area contributed by atoms with Crippen LogP contribution >= 0.6 is 0 Å². The zero-order chi connectivity index (χ0) is 25.2. The number of carbonyl (C=O) groups excluding carboxylic acids is 1. The molecule has 1 aliphatic rings. The third-order valence-electron chi connectivity index (χ3n) is 7.51. The molecule has 4 rings (SSSR count). The van der Waals surface area contributed by atoms with Gasteiger partial charge in [0, 0.05) is 43.9 Å². The Morgan fingerprint density at radius 3 is 2.31 bits per heavy atom. The van der Waals surface area contributed by atoms with Gasteiger partial charge in [0.2, 0.25) is 0 Å². The molecule has 5 nitrogen and oxygen atoms in total. The number of para-hydroxylation sites is 1. The number of nitrogens with zero attached hydrogens (tertiary/aromatic N) is 2. The van der Waals surface area contributed by atoms with Gasteiger partial charge in [-0.25, -0.2) is 0 Å². The molecule has 35 heavy (non-hydrogen) atoms. The van der Waals surface area contributed by atoms with Crippen LogP contribution < -0.4 is 9.64 Å². The number of hydrogen-bond donors (Lipinski definition) is 0. The van der Waals surface area contributed by atoms with Gasteiger partial charge in [-0.05, 0) is 60.6 Å². The molecular weight excluding hydrogens is 436 g/mol. The Kier molecular flexibility index (Phi) is 7.25. The highest BCUT2D eigenvalue weighted by Gasteiger charge is 2.26. The lowest BCUT2D eigenvalue weighted by Gasteiger charge is -2.37. The third-order valence-corrected chi connectivity index (χ3v) is 7.51. The molecular formula is C30H38N2O3. The summed E-state index contributed by atoms with van der Waals surface area (Å²) in [6, 6.07) is 16.5. The van der Waals surface area contributed by atoms with Gasteiger partial charge in [0.05, 0.1) is 7.11 Å². The van der Waals surface area contributed by atoms with E-state index >= 15 is 0 Å². The molecule has 0 bridgehead atoms. The zero-order valence-electron chi connectivity index (χ0n) is 22.0. The second-order valence-electron chi connectivity index (χ2n) is 10.2. The van der Waals surface area contributed by atoms with E-state index in [1.54, 1.807) is 7.11 Å². The quantitative estimate of drug-likeness (QED) is 0.412. The van der Waals surface area contributed by atoms with Gasteiger partial charge in [-0.3, -0.25) is 4.79 Å². The lowest BCUT2D eigenvalue weighted by Crippen LogP contribution is -2.49. The number of furan rings is 1. The van der Waals surface area contributed by atoms with Crippen molar-refractivity contribution in [2.24, 2.45) is 0 Å². The van der Waals surface area contributed by atoms with Crippen LogP contribution in [0.15, 0.2) is 52.9 Å². The van der Waals surface area contributed by atoms with Crippen molar-refractivity contribution in [3.8, 4) is 5.75 Å². The van der Waals surface area contributed by atoms with Crippen molar-refractivity contribution in [2.45, 2.75) is 52.9 Å². The fourth-order valence-corrected chi connectivity index (χ4v) is 4.91. The predicted molar refractivity (Wildman–Crippen MR) is 142 cm³/mol. The zero-order valence-corrected chi connectivity index (χ0v) is 22.0. The summed E-state index contributed by atoms with van der Waals surface area (Å²) in [5.41, 5.74) is 6.29. The molecule has 1 aliphatic heterocycles. The van der Waals surface area contributed by atoms with Gasteiger partial charge >= 0.3 is 0 Å². The summed E-state index contributed by atoms with van der Waals surface area (Å²) in [4.78, 5) is 17.5. The number of anilines is 1. The molecule has 186 valence electrons. The van der Waals surface area contributed by atoms with E-state index in [4.69, 9.17) is 9.15 Å². The van der Waals surface area contributed by atoms with Crippen LogP contribution in [0.5, 0.6) is 5.75 Å². The first-order valence-corrected chi connectivity index (χ1v) is 12.6. The maximum atomic E-state index is 13.2. The summed E-state index contributed by atoms with van der Waals surface area (Å²) in [6.07, 6.45) is 1.64. The van der Waals surface area contributed by atoms with Gasteiger partial charge in [0.15, 0.2) is 5.76 Å². The molecule has 1 fully saturated rings. The van der Waals surface area contributed by atoms with Gasteiger partial charge in [-0.2, -0.15) is 0 Å².